The average Bonchev–Trinajstić information content (AvgIpc) is 2.79. The highest BCUT2D eigenvalue weighted by Gasteiger charge is 2.29. The van der Waals surface area contributed by atoms with Crippen LogP contribution in [0, 0.1) is 13.8 Å². The van der Waals surface area contributed by atoms with Crippen molar-refractivity contribution in [3.8, 4) is 0 Å². The van der Waals surface area contributed by atoms with Crippen LogP contribution in [-0.2, 0) is 14.8 Å². The molecule has 0 spiro atoms. The summed E-state index contributed by atoms with van der Waals surface area (Å²) >= 11 is 0. The molecule has 0 radical (unpaired) electrons. The molecule has 0 atom stereocenters. The number of rotatable bonds is 5. The van der Waals surface area contributed by atoms with Crippen molar-refractivity contribution in [2.45, 2.75) is 38.0 Å². The van der Waals surface area contributed by atoms with E-state index in [0.29, 0.717) is 37.6 Å². The third-order valence-corrected chi connectivity index (χ3v) is 7.89. The molecular weight excluding hydrogens is 426 g/mol. The van der Waals surface area contributed by atoms with E-state index in [2.05, 4.69) is 10.2 Å². The predicted octanol–water partition coefficient (Wildman–Crippen LogP) is 3.57. The molecule has 7 nitrogen and oxygen atoms in total. The van der Waals surface area contributed by atoms with Crippen LogP contribution >= 0.6 is 0 Å². The summed E-state index contributed by atoms with van der Waals surface area (Å²) in [5, 5.41) is 2.98. The van der Waals surface area contributed by atoms with Gasteiger partial charge in [0, 0.05) is 37.6 Å². The van der Waals surface area contributed by atoms with E-state index in [-0.39, 0.29) is 10.8 Å². The van der Waals surface area contributed by atoms with Crippen molar-refractivity contribution in [3.05, 3.63) is 53.1 Å². The fourth-order valence-corrected chi connectivity index (χ4v) is 5.88. The Morgan fingerprint density at radius 1 is 0.906 bits per heavy atom. The number of carbonyl (C=O) groups excluding carboxylic acids is 1. The largest absolute Gasteiger partial charge is 0.379 e. The van der Waals surface area contributed by atoms with Crippen LogP contribution < -0.4 is 10.2 Å². The maximum absolute atomic E-state index is 13.4. The summed E-state index contributed by atoms with van der Waals surface area (Å²) in [6.45, 7) is 7.09. The minimum Gasteiger partial charge on any atom is -0.379 e. The summed E-state index contributed by atoms with van der Waals surface area (Å²) in [6, 6.07) is 10.8. The van der Waals surface area contributed by atoms with Gasteiger partial charge in [-0.05, 0) is 74.6 Å². The van der Waals surface area contributed by atoms with E-state index in [0.717, 1.165) is 42.7 Å². The fourth-order valence-electron chi connectivity index (χ4n) is 4.45. The normalized spacial score (nSPS) is 17.9. The molecule has 2 aromatic carbocycles. The van der Waals surface area contributed by atoms with Gasteiger partial charge in [-0.1, -0.05) is 6.07 Å². The molecule has 2 aliphatic heterocycles. The molecule has 0 bridgehead atoms. The highest BCUT2D eigenvalue weighted by atomic mass is 32.2. The summed E-state index contributed by atoms with van der Waals surface area (Å²) in [4.78, 5) is 15.7. The molecule has 1 N–H and O–H groups in total. The number of nitrogens with zero attached hydrogens (tertiary/aromatic N) is 2. The number of sulfonamides is 1. The van der Waals surface area contributed by atoms with Gasteiger partial charge in [0.15, 0.2) is 0 Å². The third-order valence-electron chi connectivity index (χ3n) is 6.00. The number of aryl methyl sites for hydroxylation is 2. The first-order chi connectivity index (χ1) is 15.3. The van der Waals surface area contributed by atoms with Crippen LogP contribution in [0.25, 0.3) is 0 Å². The van der Waals surface area contributed by atoms with Gasteiger partial charge in [-0.2, -0.15) is 4.31 Å². The van der Waals surface area contributed by atoms with Crippen LogP contribution in [0.15, 0.2) is 41.3 Å². The van der Waals surface area contributed by atoms with Crippen molar-refractivity contribution in [1.82, 2.24) is 4.31 Å². The van der Waals surface area contributed by atoms with Gasteiger partial charge in [0.25, 0.3) is 5.91 Å². The van der Waals surface area contributed by atoms with Crippen LogP contribution in [0.2, 0.25) is 0 Å². The summed E-state index contributed by atoms with van der Waals surface area (Å²) in [7, 11) is -3.70. The second-order valence-electron chi connectivity index (χ2n) is 8.57. The lowest BCUT2D eigenvalue weighted by Crippen LogP contribution is -2.40. The van der Waals surface area contributed by atoms with E-state index in [1.165, 1.54) is 16.8 Å². The molecule has 32 heavy (non-hydrogen) atoms. The Morgan fingerprint density at radius 3 is 2.22 bits per heavy atom. The molecule has 2 saturated heterocycles. The standard InChI is InChI=1S/C24H31N3O4S/c1-18-14-19(2)16-20(15-18)25-24(28)22-17-21(32(29,30)27-10-12-31-13-11-27)6-7-23(22)26-8-4-3-5-9-26/h6-7,14-17H,3-5,8-13H2,1-2H3,(H,25,28). The summed E-state index contributed by atoms with van der Waals surface area (Å²) < 4.78 is 33.2. The molecular formula is C24H31N3O4S. The van der Waals surface area contributed by atoms with Crippen molar-refractivity contribution in [3.63, 3.8) is 0 Å². The minimum absolute atomic E-state index is 0.144. The van der Waals surface area contributed by atoms with E-state index in [4.69, 9.17) is 4.74 Å². The molecule has 2 fully saturated rings. The Balaban J connectivity index is 1.71. The smallest absolute Gasteiger partial charge is 0.257 e. The van der Waals surface area contributed by atoms with Crippen LogP contribution in [0.4, 0.5) is 11.4 Å². The van der Waals surface area contributed by atoms with Crippen molar-refractivity contribution >= 4 is 27.3 Å². The topological polar surface area (TPSA) is 79.0 Å². The van der Waals surface area contributed by atoms with E-state index >= 15 is 0 Å². The highest BCUT2D eigenvalue weighted by molar-refractivity contribution is 7.89. The first kappa shape index (κ1) is 22.8. The van der Waals surface area contributed by atoms with Crippen molar-refractivity contribution in [2.75, 3.05) is 49.6 Å². The zero-order chi connectivity index (χ0) is 22.7. The lowest BCUT2D eigenvalue weighted by Gasteiger charge is -2.31. The number of anilines is 2. The van der Waals surface area contributed by atoms with Crippen molar-refractivity contribution < 1.29 is 17.9 Å². The molecule has 2 aromatic rings. The van der Waals surface area contributed by atoms with E-state index in [9.17, 15) is 13.2 Å². The zero-order valence-corrected chi connectivity index (χ0v) is 19.6. The van der Waals surface area contributed by atoms with E-state index < -0.39 is 10.0 Å². The first-order valence-electron chi connectivity index (χ1n) is 11.2. The number of hydrogen-bond donors (Lipinski definition) is 1. The maximum Gasteiger partial charge on any atom is 0.257 e. The second kappa shape index (κ2) is 9.60. The van der Waals surface area contributed by atoms with Gasteiger partial charge >= 0.3 is 0 Å². The van der Waals surface area contributed by atoms with Gasteiger partial charge in [-0.25, -0.2) is 8.42 Å². The number of piperidine rings is 1. The Labute approximate surface area is 190 Å². The SMILES string of the molecule is Cc1cc(C)cc(NC(=O)c2cc(S(=O)(=O)N3CCOCC3)ccc2N2CCCCC2)c1. The monoisotopic (exact) mass is 457 g/mol. The van der Waals surface area contributed by atoms with Gasteiger partial charge in [0.1, 0.15) is 0 Å². The van der Waals surface area contributed by atoms with Crippen LogP contribution in [0.5, 0.6) is 0 Å². The Morgan fingerprint density at radius 2 is 1.56 bits per heavy atom. The molecule has 2 aliphatic rings. The highest BCUT2D eigenvalue weighted by Crippen LogP contribution is 2.29. The fraction of sp³-hybridized carbons (Fsp3) is 0.458. The van der Waals surface area contributed by atoms with Crippen molar-refractivity contribution in [2.24, 2.45) is 0 Å². The molecule has 8 heteroatoms. The Bertz CT molecular complexity index is 1070. The van der Waals surface area contributed by atoms with Gasteiger partial charge in [-0.3, -0.25) is 4.79 Å². The number of nitrogens with one attached hydrogen (secondary N) is 1. The molecule has 4 rings (SSSR count). The number of carbonyl (C=O) groups is 1. The Kier molecular flexibility index (Phi) is 6.83. The molecule has 0 unspecified atom stereocenters. The maximum atomic E-state index is 13.4. The summed E-state index contributed by atoms with van der Waals surface area (Å²) in [5.41, 5.74) is 3.99. The van der Waals surface area contributed by atoms with E-state index in [1.54, 1.807) is 12.1 Å². The first-order valence-corrected chi connectivity index (χ1v) is 12.7. The minimum atomic E-state index is -3.70. The summed E-state index contributed by atoms with van der Waals surface area (Å²) in [6.07, 6.45) is 3.29. The average molecular weight is 458 g/mol. The van der Waals surface area contributed by atoms with Gasteiger partial charge < -0.3 is 15.0 Å². The molecule has 0 aliphatic carbocycles. The Hall–Kier alpha value is -2.42. The summed E-state index contributed by atoms with van der Waals surface area (Å²) in [5.74, 6) is -0.297. The third kappa shape index (κ3) is 4.98. The second-order valence-corrected chi connectivity index (χ2v) is 10.5. The van der Waals surface area contributed by atoms with Crippen molar-refractivity contribution in [1.29, 1.82) is 0 Å². The lowest BCUT2D eigenvalue weighted by molar-refractivity contribution is 0.0730. The van der Waals surface area contributed by atoms with Crippen LogP contribution in [-0.4, -0.2) is 58.0 Å². The van der Waals surface area contributed by atoms with Crippen LogP contribution in [0.3, 0.4) is 0 Å². The number of hydrogen-bond acceptors (Lipinski definition) is 5. The number of amides is 1. The number of morpholine rings is 1. The van der Waals surface area contributed by atoms with E-state index in [1.807, 2.05) is 32.0 Å². The van der Waals surface area contributed by atoms with Gasteiger partial charge in [0.2, 0.25) is 10.0 Å². The van der Waals surface area contributed by atoms with Gasteiger partial charge in [-0.15, -0.1) is 0 Å². The van der Waals surface area contributed by atoms with Gasteiger partial charge in [0.05, 0.1) is 23.7 Å². The zero-order valence-electron chi connectivity index (χ0n) is 18.8. The molecule has 1 amide bonds. The predicted molar refractivity (Wildman–Crippen MR) is 126 cm³/mol. The molecule has 0 saturated carbocycles. The molecule has 172 valence electrons. The quantitative estimate of drug-likeness (QED) is 0.743. The molecule has 2 heterocycles. The number of ether oxygens (including phenoxy) is 1. The lowest BCUT2D eigenvalue weighted by atomic mass is 10.1. The molecule has 0 aromatic heterocycles. The van der Waals surface area contributed by atoms with Crippen LogP contribution in [0.1, 0.15) is 40.7 Å². The number of benzene rings is 2.